The highest BCUT2D eigenvalue weighted by Gasteiger charge is 2.16. The predicted molar refractivity (Wildman–Crippen MR) is 53.7 cm³/mol. The fourth-order valence-electron chi connectivity index (χ4n) is 1.33. The molecule has 0 saturated heterocycles. The average molecular weight is 210 g/mol. The summed E-state index contributed by atoms with van der Waals surface area (Å²) in [6.45, 7) is 0. The van der Waals surface area contributed by atoms with Crippen LogP contribution in [0.15, 0.2) is 23.0 Å². The van der Waals surface area contributed by atoms with E-state index in [1.165, 1.54) is 17.7 Å². The molecule has 0 radical (unpaired) electrons. The highest BCUT2D eigenvalue weighted by Crippen LogP contribution is 2.25. The summed E-state index contributed by atoms with van der Waals surface area (Å²) in [6, 6.07) is 4.68. The molecule has 0 unspecified atom stereocenters. The summed E-state index contributed by atoms with van der Waals surface area (Å²) < 4.78 is 1.95. The average Bonchev–Trinajstić information content (AvgIpc) is 2.43. The number of aryl methyl sites for hydroxylation is 1. The topological polar surface area (TPSA) is 65.1 Å². The van der Waals surface area contributed by atoms with Crippen LogP contribution in [-0.2, 0) is 7.05 Å². The van der Waals surface area contributed by atoms with Gasteiger partial charge in [0.05, 0.1) is 9.62 Å². The van der Waals surface area contributed by atoms with Gasteiger partial charge in [0.15, 0.2) is 0 Å². The molecule has 6 heteroatoms. The highest BCUT2D eigenvalue weighted by atomic mass is 32.1. The molecule has 0 fully saturated rings. The lowest BCUT2D eigenvalue weighted by Gasteiger charge is -1.95. The Morgan fingerprint density at radius 3 is 2.86 bits per heavy atom. The molecule has 0 saturated carbocycles. The molecule has 0 aliphatic carbocycles. The molecule has 0 amide bonds. The number of nitro benzene ring substituents is 1. The SMILES string of the molecule is Cn1c(=O)sc2cccc([N+](=O)[O-])c21. The molecule has 0 atom stereocenters. The maximum absolute atomic E-state index is 11.3. The van der Waals surface area contributed by atoms with Crippen LogP contribution in [0.4, 0.5) is 5.69 Å². The zero-order chi connectivity index (χ0) is 10.3. The van der Waals surface area contributed by atoms with E-state index in [0.29, 0.717) is 10.2 Å². The van der Waals surface area contributed by atoms with E-state index in [1.807, 2.05) is 0 Å². The molecule has 0 bridgehead atoms. The Morgan fingerprint density at radius 1 is 1.50 bits per heavy atom. The maximum atomic E-state index is 11.3. The van der Waals surface area contributed by atoms with Gasteiger partial charge in [-0.2, -0.15) is 0 Å². The monoisotopic (exact) mass is 210 g/mol. The van der Waals surface area contributed by atoms with Gasteiger partial charge < -0.3 is 0 Å². The van der Waals surface area contributed by atoms with Gasteiger partial charge in [-0.15, -0.1) is 0 Å². The highest BCUT2D eigenvalue weighted by molar-refractivity contribution is 7.16. The summed E-state index contributed by atoms with van der Waals surface area (Å²) >= 11 is 1.01. The number of thiazole rings is 1. The van der Waals surface area contributed by atoms with E-state index in [9.17, 15) is 14.9 Å². The van der Waals surface area contributed by atoms with Crippen LogP contribution in [0.2, 0.25) is 0 Å². The molecule has 1 heterocycles. The molecular weight excluding hydrogens is 204 g/mol. The van der Waals surface area contributed by atoms with Crippen LogP contribution in [-0.4, -0.2) is 9.49 Å². The Bertz CT molecular complexity index is 569. The minimum absolute atomic E-state index is 0.0247. The molecule has 0 aliphatic heterocycles. The van der Waals surface area contributed by atoms with E-state index < -0.39 is 4.92 Å². The number of benzene rings is 1. The van der Waals surface area contributed by atoms with E-state index >= 15 is 0 Å². The maximum Gasteiger partial charge on any atom is 0.308 e. The zero-order valence-corrected chi connectivity index (χ0v) is 8.08. The van der Waals surface area contributed by atoms with Crippen LogP contribution in [0.1, 0.15) is 0 Å². The van der Waals surface area contributed by atoms with Gasteiger partial charge in [0.1, 0.15) is 5.52 Å². The second-order valence-electron chi connectivity index (χ2n) is 2.81. The summed E-state index contributed by atoms with van der Waals surface area (Å²) in [5.74, 6) is 0. The minimum Gasteiger partial charge on any atom is -0.296 e. The first-order valence-electron chi connectivity index (χ1n) is 3.84. The standard InChI is InChI=1S/C8H6N2O3S/c1-9-7-5(10(12)13)3-2-4-6(7)14-8(9)11/h2-4H,1H3. The summed E-state index contributed by atoms with van der Waals surface area (Å²) in [7, 11) is 1.54. The number of nitrogens with zero attached hydrogens (tertiary/aromatic N) is 2. The lowest BCUT2D eigenvalue weighted by molar-refractivity contribution is -0.383. The van der Waals surface area contributed by atoms with Gasteiger partial charge in [-0.25, -0.2) is 0 Å². The van der Waals surface area contributed by atoms with Crippen LogP contribution in [0.3, 0.4) is 0 Å². The number of hydrogen-bond donors (Lipinski definition) is 0. The molecular formula is C8H6N2O3S. The molecule has 72 valence electrons. The summed E-state index contributed by atoms with van der Waals surface area (Å²) in [5, 5.41) is 10.7. The Hall–Kier alpha value is -1.69. The van der Waals surface area contributed by atoms with Crippen molar-refractivity contribution in [1.29, 1.82) is 0 Å². The normalized spacial score (nSPS) is 10.6. The molecule has 14 heavy (non-hydrogen) atoms. The van der Waals surface area contributed by atoms with Gasteiger partial charge in [-0.3, -0.25) is 19.5 Å². The molecule has 1 aromatic heterocycles. The first kappa shape index (κ1) is 8.89. The lowest BCUT2D eigenvalue weighted by atomic mass is 10.3. The largest absolute Gasteiger partial charge is 0.308 e. The molecule has 2 aromatic rings. The van der Waals surface area contributed by atoms with Crippen molar-refractivity contribution in [3.63, 3.8) is 0 Å². The number of para-hydroxylation sites is 1. The number of nitro groups is 1. The van der Waals surface area contributed by atoms with Gasteiger partial charge in [-0.05, 0) is 6.07 Å². The van der Waals surface area contributed by atoms with Gasteiger partial charge in [0.2, 0.25) is 0 Å². The van der Waals surface area contributed by atoms with Crippen molar-refractivity contribution < 1.29 is 4.92 Å². The van der Waals surface area contributed by atoms with Crippen LogP contribution in [0.25, 0.3) is 10.2 Å². The summed E-state index contributed by atoms with van der Waals surface area (Å²) in [5.41, 5.74) is 0.371. The van der Waals surface area contributed by atoms with Crippen LogP contribution in [0, 0.1) is 10.1 Å². The number of fused-ring (bicyclic) bond motifs is 1. The van der Waals surface area contributed by atoms with E-state index in [0.717, 1.165) is 11.3 Å². The van der Waals surface area contributed by atoms with Crippen molar-refractivity contribution in [2.75, 3.05) is 0 Å². The lowest BCUT2D eigenvalue weighted by Crippen LogP contribution is -2.07. The van der Waals surface area contributed by atoms with Crippen LogP contribution >= 0.6 is 11.3 Å². The number of rotatable bonds is 1. The molecule has 0 spiro atoms. The first-order chi connectivity index (χ1) is 6.61. The number of aromatic nitrogens is 1. The van der Waals surface area contributed by atoms with Gasteiger partial charge >= 0.3 is 4.87 Å². The molecule has 0 aliphatic rings. The molecule has 1 aromatic carbocycles. The Labute approximate surface area is 82.4 Å². The Kier molecular flexibility index (Phi) is 1.85. The van der Waals surface area contributed by atoms with E-state index in [1.54, 1.807) is 12.1 Å². The Morgan fingerprint density at radius 2 is 2.21 bits per heavy atom. The number of hydrogen-bond acceptors (Lipinski definition) is 4. The van der Waals surface area contributed by atoms with Crippen LogP contribution in [0.5, 0.6) is 0 Å². The predicted octanol–water partition coefficient (Wildman–Crippen LogP) is 1.51. The van der Waals surface area contributed by atoms with Gasteiger partial charge in [-0.1, -0.05) is 17.4 Å². The van der Waals surface area contributed by atoms with Crippen molar-refractivity contribution >= 4 is 27.2 Å². The van der Waals surface area contributed by atoms with Crippen molar-refractivity contribution in [1.82, 2.24) is 4.57 Å². The molecule has 5 nitrogen and oxygen atoms in total. The van der Waals surface area contributed by atoms with E-state index in [-0.39, 0.29) is 10.6 Å². The third-order valence-corrected chi connectivity index (χ3v) is 2.98. The third kappa shape index (κ3) is 1.12. The van der Waals surface area contributed by atoms with Crippen molar-refractivity contribution in [3.8, 4) is 0 Å². The van der Waals surface area contributed by atoms with Crippen molar-refractivity contribution in [2.45, 2.75) is 0 Å². The van der Waals surface area contributed by atoms with Crippen molar-refractivity contribution in [3.05, 3.63) is 38.0 Å². The minimum atomic E-state index is -0.478. The smallest absolute Gasteiger partial charge is 0.296 e. The number of non-ortho nitro benzene ring substituents is 1. The first-order valence-corrected chi connectivity index (χ1v) is 4.66. The fourth-order valence-corrected chi connectivity index (χ4v) is 2.23. The third-order valence-electron chi connectivity index (χ3n) is 1.98. The Balaban J connectivity index is 2.98. The van der Waals surface area contributed by atoms with Crippen LogP contribution < -0.4 is 4.87 Å². The second-order valence-corrected chi connectivity index (χ2v) is 3.80. The zero-order valence-electron chi connectivity index (χ0n) is 7.26. The second kappa shape index (κ2) is 2.91. The summed E-state index contributed by atoms with van der Waals surface area (Å²) in [4.78, 5) is 21.3. The van der Waals surface area contributed by atoms with E-state index in [2.05, 4.69) is 0 Å². The van der Waals surface area contributed by atoms with Gasteiger partial charge in [0.25, 0.3) is 5.69 Å². The van der Waals surface area contributed by atoms with E-state index in [4.69, 9.17) is 0 Å². The van der Waals surface area contributed by atoms with Gasteiger partial charge in [0, 0.05) is 13.1 Å². The van der Waals surface area contributed by atoms with Crippen molar-refractivity contribution in [2.24, 2.45) is 7.05 Å². The molecule has 0 N–H and O–H groups in total. The quantitative estimate of drug-likeness (QED) is 0.529. The fraction of sp³-hybridized carbons (Fsp3) is 0.125. The summed E-state index contributed by atoms with van der Waals surface area (Å²) in [6.07, 6.45) is 0. The molecule has 2 rings (SSSR count).